The largest absolute Gasteiger partial charge is 0.397 e. The third-order valence-corrected chi connectivity index (χ3v) is 3.87. The molecule has 0 aliphatic carbocycles. The van der Waals surface area contributed by atoms with E-state index in [1.165, 1.54) is 4.88 Å². The van der Waals surface area contributed by atoms with Crippen LogP contribution < -0.4 is 16.4 Å². The smallest absolute Gasteiger partial charge is 0.248 e. The molecule has 2 aromatic rings. The summed E-state index contributed by atoms with van der Waals surface area (Å²) in [4.78, 5) is 18.6. The normalized spacial score (nSPS) is 10.4. The summed E-state index contributed by atoms with van der Waals surface area (Å²) in [5, 5.41) is 0. The summed E-state index contributed by atoms with van der Waals surface area (Å²) in [7, 11) is 1.93. The quantitative estimate of drug-likeness (QED) is 0.833. The number of rotatable bonds is 4. The average Bonchev–Trinajstić information content (AvgIpc) is 2.75. The van der Waals surface area contributed by atoms with E-state index in [9.17, 15) is 4.79 Å². The molecule has 0 saturated carbocycles. The number of carbonyl (C=O) groups is 1. The molecule has 1 amide bonds. The number of carbonyl (C=O) groups excluding carboxylic acids is 1. The van der Waals surface area contributed by atoms with E-state index in [0.29, 0.717) is 17.8 Å². The summed E-state index contributed by atoms with van der Waals surface area (Å²) >= 11 is 1.60. The van der Waals surface area contributed by atoms with Crippen LogP contribution in [0.1, 0.15) is 20.9 Å². The first-order chi connectivity index (χ1) is 8.99. The number of aromatic nitrogens is 1. The number of hydrogen-bond donors (Lipinski definition) is 2. The second-order valence-electron chi connectivity index (χ2n) is 4.35. The maximum Gasteiger partial charge on any atom is 0.248 e. The van der Waals surface area contributed by atoms with Gasteiger partial charge in [-0.1, -0.05) is 0 Å². The molecule has 0 unspecified atom stereocenters. The molecule has 6 heteroatoms. The van der Waals surface area contributed by atoms with Crippen LogP contribution >= 0.6 is 11.3 Å². The van der Waals surface area contributed by atoms with Gasteiger partial charge < -0.3 is 16.4 Å². The molecule has 1 aromatic heterocycles. The molecule has 0 fully saturated rings. The highest BCUT2D eigenvalue weighted by Crippen LogP contribution is 2.26. The number of nitrogens with zero attached hydrogens (tertiary/aromatic N) is 2. The molecule has 2 rings (SSSR count). The molecule has 19 heavy (non-hydrogen) atoms. The number of amides is 1. The first-order valence-corrected chi connectivity index (χ1v) is 6.66. The van der Waals surface area contributed by atoms with E-state index < -0.39 is 5.91 Å². The van der Waals surface area contributed by atoms with Crippen LogP contribution in [0.4, 0.5) is 11.4 Å². The van der Waals surface area contributed by atoms with Gasteiger partial charge in [0.1, 0.15) is 0 Å². The van der Waals surface area contributed by atoms with E-state index in [0.717, 1.165) is 11.4 Å². The highest BCUT2D eigenvalue weighted by molar-refractivity contribution is 7.09. The monoisotopic (exact) mass is 276 g/mol. The predicted molar refractivity (Wildman–Crippen MR) is 78.3 cm³/mol. The molecule has 0 radical (unpaired) electrons. The lowest BCUT2D eigenvalue weighted by Gasteiger charge is -2.21. The Labute approximate surface area is 115 Å². The van der Waals surface area contributed by atoms with Gasteiger partial charge in [-0.2, -0.15) is 0 Å². The van der Waals surface area contributed by atoms with Gasteiger partial charge in [0.15, 0.2) is 0 Å². The number of primary amides is 1. The molecular weight excluding hydrogens is 260 g/mol. The maximum absolute atomic E-state index is 11.2. The molecule has 0 aliphatic rings. The molecule has 100 valence electrons. The third-order valence-electron chi connectivity index (χ3n) is 2.95. The van der Waals surface area contributed by atoms with Crippen molar-refractivity contribution >= 4 is 28.6 Å². The summed E-state index contributed by atoms with van der Waals surface area (Å²) < 4.78 is 0. The van der Waals surface area contributed by atoms with Gasteiger partial charge in [0.25, 0.3) is 0 Å². The molecule has 0 aliphatic heterocycles. The van der Waals surface area contributed by atoms with E-state index in [2.05, 4.69) is 4.98 Å². The van der Waals surface area contributed by atoms with Crippen LogP contribution in [0.3, 0.4) is 0 Å². The van der Waals surface area contributed by atoms with Crippen LogP contribution in [0.5, 0.6) is 0 Å². The second-order valence-corrected chi connectivity index (χ2v) is 5.29. The standard InChI is InChI=1S/C13H16N4OS/c1-8-12(19-7-16-8)6-17(2)11-5-9(13(15)18)3-4-10(11)14/h3-5,7H,6,14H2,1-2H3,(H2,15,18). The Bertz CT molecular complexity index is 608. The van der Waals surface area contributed by atoms with E-state index >= 15 is 0 Å². The summed E-state index contributed by atoms with van der Waals surface area (Å²) in [5.41, 5.74) is 15.9. The molecule has 5 nitrogen and oxygen atoms in total. The highest BCUT2D eigenvalue weighted by Gasteiger charge is 2.11. The number of nitrogens with two attached hydrogens (primary N) is 2. The topological polar surface area (TPSA) is 85.2 Å². The van der Waals surface area contributed by atoms with Crippen LogP contribution in [-0.4, -0.2) is 17.9 Å². The van der Waals surface area contributed by atoms with Crippen LogP contribution in [0.15, 0.2) is 23.7 Å². The Hall–Kier alpha value is -2.08. The zero-order valence-electron chi connectivity index (χ0n) is 10.9. The lowest BCUT2D eigenvalue weighted by molar-refractivity contribution is 0.100. The van der Waals surface area contributed by atoms with Crippen molar-refractivity contribution in [2.24, 2.45) is 5.73 Å². The number of aryl methyl sites for hydroxylation is 1. The molecule has 0 bridgehead atoms. The molecule has 1 heterocycles. The number of nitrogen functional groups attached to an aromatic ring is 1. The predicted octanol–water partition coefficient (Wildman–Crippen LogP) is 1.77. The first kappa shape index (κ1) is 13.4. The van der Waals surface area contributed by atoms with Crippen LogP contribution in [0.25, 0.3) is 0 Å². The lowest BCUT2D eigenvalue weighted by atomic mass is 10.1. The van der Waals surface area contributed by atoms with Gasteiger partial charge in [0.05, 0.1) is 29.1 Å². The molecule has 1 aromatic carbocycles. The Morgan fingerprint density at radius 1 is 1.47 bits per heavy atom. The van der Waals surface area contributed by atoms with Crippen molar-refractivity contribution in [1.82, 2.24) is 4.98 Å². The lowest BCUT2D eigenvalue weighted by Crippen LogP contribution is -2.19. The number of anilines is 2. The Kier molecular flexibility index (Phi) is 3.71. The average molecular weight is 276 g/mol. The Morgan fingerprint density at radius 3 is 2.79 bits per heavy atom. The van der Waals surface area contributed by atoms with Crippen molar-refractivity contribution in [2.75, 3.05) is 17.7 Å². The molecule has 0 saturated heterocycles. The third kappa shape index (κ3) is 2.85. The minimum atomic E-state index is -0.455. The van der Waals surface area contributed by atoms with Crippen molar-refractivity contribution in [3.05, 3.63) is 39.8 Å². The van der Waals surface area contributed by atoms with Crippen LogP contribution in [-0.2, 0) is 6.54 Å². The van der Waals surface area contributed by atoms with E-state index in [4.69, 9.17) is 11.5 Å². The van der Waals surface area contributed by atoms with Crippen molar-refractivity contribution in [3.63, 3.8) is 0 Å². The van der Waals surface area contributed by atoms with Crippen molar-refractivity contribution in [3.8, 4) is 0 Å². The summed E-state index contributed by atoms with van der Waals surface area (Å²) in [6.07, 6.45) is 0. The van der Waals surface area contributed by atoms with Crippen molar-refractivity contribution in [2.45, 2.75) is 13.5 Å². The SMILES string of the molecule is Cc1ncsc1CN(C)c1cc(C(N)=O)ccc1N. The summed E-state index contributed by atoms with van der Waals surface area (Å²) in [5.74, 6) is -0.455. The van der Waals surface area contributed by atoms with E-state index in [-0.39, 0.29) is 0 Å². The maximum atomic E-state index is 11.2. The van der Waals surface area contributed by atoms with Gasteiger partial charge in [0.2, 0.25) is 5.91 Å². The zero-order chi connectivity index (χ0) is 14.0. The van der Waals surface area contributed by atoms with Gasteiger partial charge in [-0.3, -0.25) is 4.79 Å². The fraction of sp³-hybridized carbons (Fsp3) is 0.231. The molecule has 4 N–H and O–H groups in total. The van der Waals surface area contributed by atoms with Gasteiger partial charge in [0, 0.05) is 17.5 Å². The fourth-order valence-corrected chi connectivity index (χ4v) is 2.64. The van der Waals surface area contributed by atoms with Crippen LogP contribution in [0, 0.1) is 6.92 Å². The van der Waals surface area contributed by atoms with Crippen molar-refractivity contribution in [1.29, 1.82) is 0 Å². The Morgan fingerprint density at radius 2 is 2.21 bits per heavy atom. The summed E-state index contributed by atoms with van der Waals surface area (Å²) in [6, 6.07) is 5.05. The van der Waals surface area contributed by atoms with E-state index in [1.54, 1.807) is 29.5 Å². The van der Waals surface area contributed by atoms with Gasteiger partial charge in [-0.05, 0) is 25.1 Å². The second kappa shape index (κ2) is 5.27. The van der Waals surface area contributed by atoms with E-state index in [1.807, 2.05) is 24.4 Å². The van der Waals surface area contributed by atoms with Gasteiger partial charge in [-0.15, -0.1) is 11.3 Å². The van der Waals surface area contributed by atoms with Gasteiger partial charge >= 0.3 is 0 Å². The van der Waals surface area contributed by atoms with Crippen molar-refractivity contribution < 1.29 is 4.79 Å². The number of benzene rings is 1. The minimum absolute atomic E-state index is 0.455. The van der Waals surface area contributed by atoms with Gasteiger partial charge in [-0.25, -0.2) is 4.98 Å². The summed E-state index contributed by atoms with van der Waals surface area (Å²) in [6.45, 7) is 2.67. The number of thiazole rings is 1. The highest BCUT2D eigenvalue weighted by atomic mass is 32.1. The minimum Gasteiger partial charge on any atom is -0.397 e. The van der Waals surface area contributed by atoms with Crippen LogP contribution in [0.2, 0.25) is 0 Å². The molecule has 0 spiro atoms. The first-order valence-electron chi connectivity index (χ1n) is 5.78. The fourth-order valence-electron chi connectivity index (χ4n) is 1.81. The zero-order valence-corrected chi connectivity index (χ0v) is 11.7. The number of hydrogen-bond acceptors (Lipinski definition) is 5. The molecular formula is C13H16N4OS. The Balaban J connectivity index is 2.28. The molecule has 0 atom stereocenters.